The number of nitrogens with zero attached hydrogens (tertiary/aromatic N) is 4. The summed E-state index contributed by atoms with van der Waals surface area (Å²) in [7, 11) is 0. The molecule has 4 heterocycles. The van der Waals surface area contributed by atoms with Gasteiger partial charge in [0.15, 0.2) is 11.3 Å². The average molecular weight is 455 g/mol. The zero-order valence-electron chi connectivity index (χ0n) is 18.5. The summed E-state index contributed by atoms with van der Waals surface area (Å²) < 4.78 is 21.9. The number of nitriles is 1. The van der Waals surface area contributed by atoms with Crippen LogP contribution in [0.4, 0.5) is 10.3 Å². The SMILES string of the molecule is N#Cc1cn2c(NCc3c(F)ccc4c3CCO4)ncc(-c3ccc(C4CCCN4)cc3)c2n1. The summed E-state index contributed by atoms with van der Waals surface area (Å²) in [6, 6.07) is 14.0. The fraction of sp³-hybridized carbons (Fsp3) is 0.269. The molecule has 0 bridgehead atoms. The number of nitrogens with one attached hydrogen (secondary N) is 2. The Kier molecular flexibility index (Phi) is 5.12. The molecule has 0 spiro atoms. The van der Waals surface area contributed by atoms with E-state index >= 15 is 0 Å². The van der Waals surface area contributed by atoms with E-state index in [1.807, 2.05) is 0 Å². The van der Waals surface area contributed by atoms with Crippen molar-refractivity contribution in [3.05, 3.63) is 77.0 Å². The number of halogens is 1. The quantitative estimate of drug-likeness (QED) is 0.465. The summed E-state index contributed by atoms with van der Waals surface area (Å²) in [6.45, 7) is 1.87. The molecule has 2 aromatic heterocycles. The van der Waals surface area contributed by atoms with E-state index in [0.29, 0.717) is 41.9 Å². The van der Waals surface area contributed by atoms with Crippen LogP contribution in [0.3, 0.4) is 0 Å². The molecule has 0 amide bonds. The molecule has 1 saturated heterocycles. The maximum absolute atomic E-state index is 14.6. The molecular formula is C26H23FN6O. The van der Waals surface area contributed by atoms with Crippen LogP contribution in [0.5, 0.6) is 5.75 Å². The first kappa shape index (κ1) is 20.6. The van der Waals surface area contributed by atoms with E-state index in [1.165, 1.54) is 18.1 Å². The van der Waals surface area contributed by atoms with Crippen LogP contribution in [-0.2, 0) is 13.0 Å². The topological polar surface area (TPSA) is 87.3 Å². The van der Waals surface area contributed by atoms with Crippen molar-refractivity contribution in [3.63, 3.8) is 0 Å². The van der Waals surface area contributed by atoms with E-state index in [4.69, 9.17) is 4.74 Å². The molecule has 2 aromatic carbocycles. The van der Waals surface area contributed by atoms with Crippen LogP contribution in [0, 0.1) is 17.1 Å². The van der Waals surface area contributed by atoms with Gasteiger partial charge in [0.2, 0.25) is 5.95 Å². The molecule has 1 unspecified atom stereocenters. The van der Waals surface area contributed by atoms with Crippen molar-refractivity contribution in [2.24, 2.45) is 0 Å². The monoisotopic (exact) mass is 454 g/mol. The molecule has 0 radical (unpaired) electrons. The third-order valence-electron chi connectivity index (χ3n) is 6.65. The van der Waals surface area contributed by atoms with Crippen molar-refractivity contribution in [1.82, 2.24) is 19.7 Å². The number of aromatic nitrogens is 3. The van der Waals surface area contributed by atoms with Crippen molar-refractivity contribution < 1.29 is 9.13 Å². The van der Waals surface area contributed by atoms with Gasteiger partial charge < -0.3 is 15.4 Å². The van der Waals surface area contributed by atoms with Crippen molar-refractivity contribution in [3.8, 4) is 22.9 Å². The van der Waals surface area contributed by atoms with Crippen LogP contribution in [-0.4, -0.2) is 27.5 Å². The maximum atomic E-state index is 14.6. The molecule has 0 aliphatic carbocycles. The Hall–Kier alpha value is -3.96. The number of ether oxygens (including phenoxy) is 1. The number of benzene rings is 2. The maximum Gasteiger partial charge on any atom is 0.208 e. The molecule has 2 aliphatic heterocycles. The molecular weight excluding hydrogens is 431 g/mol. The van der Waals surface area contributed by atoms with E-state index in [-0.39, 0.29) is 12.4 Å². The fourth-order valence-corrected chi connectivity index (χ4v) is 4.90. The lowest BCUT2D eigenvalue weighted by Gasteiger charge is -2.14. The molecule has 34 heavy (non-hydrogen) atoms. The van der Waals surface area contributed by atoms with Gasteiger partial charge in [-0.3, -0.25) is 4.40 Å². The van der Waals surface area contributed by atoms with Crippen molar-refractivity contribution in [2.75, 3.05) is 18.5 Å². The van der Waals surface area contributed by atoms with E-state index in [9.17, 15) is 9.65 Å². The number of hydrogen-bond acceptors (Lipinski definition) is 6. The van der Waals surface area contributed by atoms with E-state index in [0.717, 1.165) is 35.4 Å². The van der Waals surface area contributed by atoms with Gasteiger partial charge in [0.1, 0.15) is 17.6 Å². The third-order valence-corrected chi connectivity index (χ3v) is 6.65. The Morgan fingerprint density at radius 3 is 2.91 bits per heavy atom. The lowest BCUT2D eigenvalue weighted by atomic mass is 10.0. The second-order valence-electron chi connectivity index (χ2n) is 8.65. The molecule has 1 atom stereocenters. The van der Waals surface area contributed by atoms with Gasteiger partial charge in [-0.1, -0.05) is 24.3 Å². The predicted molar refractivity (Wildman–Crippen MR) is 126 cm³/mol. The van der Waals surface area contributed by atoms with Crippen LogP contribution in [0.1, 0.15) is 41.3 Å². The minimum Gasteiger partial charge on any atom is -0.493 e. The Morgan fingerprint density at radius 2 is 2.12 bits per heavy atom. The predicted octanol–water partition coefficient (Wildman–Crippen LogP) is 4.38. The average Bonchev–Trinajstić information content (AvgIpc) is 3.64. The molecule has 4 aromatic rings. The molecule has 2 aliphatic rings. The molecule has 1 fully saturated rings. The lowest BCUT2D eigenvalue weighted by Crippen LogP contribution is -2.12. The van der Waals surface area contributed by atoms with Crippen molar-refractivity contribution in [1.29, 1.82) is 5.26 Å². The second kappa shape index (κ2) is 8.43. The first-order chi connectivity index (χ1) is 16.7. The van der Waals surface area contributed by atoms with Gasteiger partial charge in [-0.2, -0.15) is 5.26 Å². The van der Waals surface area contributed by atoms with Gasteiger partial charge in [0.05, 0.1) is 12.8 Å². The van der Waals surface area contributed by atoms with Gasteiger partial charge in [-0.25, -0.2) is 14.4 Å². The van der Waals surface area contributed by atoms with E-state index in [1.54, 1.807) is 22.9 Å². The summed E-state index contributed by atoms with van der Waals surface area (Å²) in [5.74, 6) is 0.956. The van der Waals surface area contributed by atoms with Crippen LogP contribution in [0.25, 0.3) is 16.8 Å². The number of rotatable bonds is 5. The highest BCUT2D eigenvalue weighted by Gasteiger charge is 2.21. The number of imidazole rings is 1. The highest BCUT2D eigenvalue weighted by Crippen LogP contribution is 2.32. The number of hydrogen-bond donors (Lipinski definition) is 2. The molecule has 170 valence electrons. The first-order valence-electron chi connectivity index (χ1n) is 11.5. The van der Waals surface area contributed by atoms with E-state index in [2.05, 4.69) is 50.9 Å². The van der Waals surface area contributed by atoms with Gasteiger partial charge >= 0.3 is 0 Å². The smallest absolute Gasteiger partial charge is 0.208 e. The van der Waals surface area contributed by atoms with Gasteiger partial charge in [0, 0.05) is 41.9 Å². The normalized spacial score (nSPS) is 16.9. The molecule has 7 nitrogen and oxygen atoms in total. The zero-order valence-corrected chi connectivity index (χ0v) is 18.5. The molecule has 6 rings (SSSR count). The van der Waals surface area contributed by atoms with Crippen molar-refractivity contribution in [2.45, 2.75) is 31.8 Å². The Balaban J connectivity index is 1.33. The summed E-state index contributed by atoms with van der Waals surface area (Å²) in [5.41, 5.74) is 5.47. The third kappa shape index (κ3) is 3.55. The lowest BCUT2D eigenvalue weighted by molar-refractivity contribution is 0.356. The highest BCUT2D eigenvalue weighted by atomic mass is 19.1. The minimum absolute atomic E-state index is 0.253. The van der Waals surface area contributed by atoms with Crippen molar-refractivity contribution >= 4 is 11.6 Å². The van der Waals surface area contributed by atoms with Crippen LogP contribution >= 0.6 is 0 Å². The number of fused-ring (bicyclic) bond motifs is 2. The highest BCUT2D eigenvalue weighted by molar-refractivity contribution is 5.78. The van der Waals surface area contributed by atoms with Gasteiger partial charge in [0.25, 0.3) is 0 Å². The Labute approximate surface area is 196 Å². The second-order valence-corrected chi connectivity index (χ2v) is 8.65. The largest absolute Gasteiger partial charge is 0.493 e. The van der Waals surface area contributed by atoms with E-state index < -0.39 is 0 Å². The Morgan fingerprint density at radius 1 is 1.24 bits per heavy atom. The van der Waals surface area contributed by atoms with Crippen LogP contribution in [0.2, 0.25) is 0 Å². The Bertz CT molecular complexity index is 1420. The van der Waals surface area contributed by atoms with Gasteiger partial charge in [-0.15, -0.1) is 0 Å². The molecule has 8 heteroatoms. The summed E-state index contributed by atoms with van der Waals surface area (Å²) in [4.78, 5) is 9.12. The van der Waals surface area contributed by atoms with Crippen LogP contribution in [0.15, 0.2) is 48.8 Å². The first-order valence-corrected chi connectivity index (χ1v) is 11.5. The minimum atomic E-state index is -0.273. The molecule has 0 saturated carbocycles. The molecule has 2 N–H and O–H groups in total. The van der Waals surface area contributed by atoms with Gasteiger partial charge in [-0.05, 0) is 42.6 Å². The number of anilines is 1. The summed E-state index contributed by atoms with van der Waals surface area (Å²) in [5, 5.41) is 16.2. The zero-order chi connectivity index (χ0) is 23.1. The summed E-state index contributed by atoms with van der Waals surface area (Å²) in [6.07, 6.45) is 6.43. The van der Waals surface area contributed by atoms with Crippen LogP contribution < -0.4 is 15.4 Å². The fourth-order valence-electron chi connectivity index (χ4n) is 4.90. The summed E-state index contributed by atoms with van der Waals surface area (Å²) >= 11 is 0. The standard InChI is InChI=1S/C26H23FN6O/c27-22-7-8-24-19(9-11-34-24)21(22)14-31-26-30-13-20(25-32-18(12-28)15-33(25)26)16-3-5-17(6-4-16)23-2-1-10-29-23/h3-8,13,15,23,29H,1-2,9-11,14H2,(H,30,31).